The fourth-order valence-electron chi connectivity index (χ4n) is 1.73. The number of ether oxygens (including phenoxy) is 2. The predicted molar refractivity (Wildman–Crippen MR) is 82.9 cm³/mol. The molecular formula is C15H15F3N4O2. The molecule has 0 saturated carbocycles. The first-order chi connectivity index (χ1) is 11.4. The molecule has 0 fully saturated rings. The summed E-state index contributed by atoms with van der Waals surface area (Å²) in [5.74, 6) is 0.304. The standard InChI is InChI=1S/C15H15F3N4O2/c1-23-13-7-2-10(8-20-13)9-21-14(19)22-11-3-5-12(6-4-11)24-15(16,17)18/h2-8H,9H2,1H3,(H3,19,21,22). The van der Waals surface area contributed by atoms with Gasteiger partial charge in [-0.05, 0) is 29.8 Å². The van der Waals surface area contributed by atoms with Gasteiger partial charge in [-0.2, -0.15) is 0 Å². The Balaban J connectivity index is 1.91. The van der Waals surface area contributed by atoms with Gasteiger partial charge in [0.2, 0.25) is 5.88 Å². The summed E-state index contributed by atoms with van der Waals surface area (Å²) in [6.07, 6.45) is -3.11. The van der Waals surface area contributed by atoms with E-state index in [1.165, 1.54) is 31.4 Å². The van der Waals surface area contributed by atoms with Crippen molar-refractivity contribution in [3.05, 3.63) is 48.2 Å². The molecule has 0 aliphatic carbocycles. The normalized spacial score (nSPS) is 11.9. The third-order valence-corrected chi connectivity index (χ3v) is 2.80. The number of pyridine rings is 1. The van der Waals surface area contributed by atoms with Gasteiger partial charge in [0.15, 0.2) is 5.96 Å². The first-order valence-corrected chi connectivity index (χ1v) is 6.77. The van der Waals surface area contributed by atoms with E-state index in [1.54, 1.807) is 18.3 Å². The first-order valence-electron chi connectivity index (χ1n) is 6.77. The van der Waals surface area contributed by atoms with Gasteiger partial charge in [0.1, 0.15) is 5.75 Å². The van der Waals surface area contributed by atoms with Gasteiger partial charge < -0.3 is 20.5 Å². The number of benzene rings is 1. The van der Waals surface area contributed by atoms with E-state index in [1.807, 2.05) is 0 Å². The molecule has 1 heterocycles. The van der Waals surface area contributed by atoms with Crippen LogP contribution in [0.4, 0.5) is 18.9 Å². The number of aromatic nitrogens is 1. The molecule has 1 aromatic heterocycles. The number of alkyl halides is 3. The molecule has 2 rings (SSSR count). The molecule has 0 aliphatic rings. The Morgan fingerprint density at radius 3 is 2.46 bits per heavy atom. The summed E-state index contributed by atoms with van der Waals surface area (Å²) in [6, 6.07) is 8.66. The lowest BCUT2D eigenvalue weighted by Crippen LogP contribution is -2.22. The SMILES string of the molecule is COc1ccc(CN=C(N)Nc2ccc(OC(F)(F)F)cc2)cn1. The lowest BCUT2D eigenvalue weighted by molar-refractivity contribution is -0.274. The zero-order valence-corrected chi connectivity index (χ0v) is 12.7. The van der Waals surface area contributed by atoms with Crippen LogP contribution in [0.3, 0.4) is 0 Å². The highest BCUT2D eigenvalue weighted by atomic mass is 19.4. The minimum atomic E-state index is -4.72. The summed E-state index contributed by atoms with van der Waals surface area (Å²) < 4.78 is 44.9. The second-order valence-electron chi connectivity index (χ2n) is 4.61. The maximum absolute atomic E-state index is 12.1. The van der Waals surface area contributed by atoms with Gasteiger partial charge in [-0.15, -0.1) is 13.2 Å². The molecule has 3 N–H and O–H groups in total. The minimum absolute atomic E-state index is 0.121. The smallest absolute Gasteiger partial charge is 0.481 e. The Labute approximate surface area is 136 Å². The van der Waals surface area contributed by atoms with Crippen LogP contribution < -0.4 is 20.5 Å². The van der Waals surface area contributed by atoms with Crippen LogP contribution in [-0.2, 0) is 6.54 Å². The van der Waals surface area contributed by atoms with E-state index in [4.69, 9.17) is 10.5 Å². The van der Waals surface area contributed by atoms with Crippen LogP contribution in [0.2, 0.25) is 0 Å². The van der Waals surface area contributed by atoms with Crippen LogP contribution in [0, 0.1) is 0 Å². The Kier molecular flexibility index (Phi) is 5.46. The molecule has 0 radical (unpaired) electrons. The molecular weight excluding hydrogens is 325 g/mol. The molecule has 0 bridgehead atoms. The molecule has 9 heteroatoms. The molecule has 1 aromatic carbocycles. The van der Waals surface area contributed by atoms with E-state index >= 15 is 0 Å². The van der Waals surface area contributed by atoms with Crippen molar-refractivity contribution >= 4 is 11.6 Å². The topological polar surface area (TPSA) is 81.8 Å². The van der Waals surface area contributed by atoms with Gasteiger partial charge in [-0.1, -0.05) is 6.07 Å². The van der Waals surface area contributed by atoms with Crippen LogP contribution in [0.25, 0.3) is 0 Å². The molecule has 2 aromatic rings. The van der Waals surface area contributed by atoms with Crippen molar-refractivity contribution < 1.29 is 22.6 Å². The van der Waals surface area contributed by atoms with Crippen molar-refractivity contribution in [2.24, 2.45) is 10.7 Å². The van der Waals surface area contributed by atoms with Gasteiger partial charge in [-0.25, -0.2) is 9.98 Å². The fourth-order valence-corrected chi connectivity index (χ4v) is 1.73. The second-order valence-corrected chi connectivity index (χ2v) is 4.61. The van der Waals surface area contributed by atoms with Crippen molar-refractivity contribution in [3.63, 3.8) is 0 Å². The highest BCUT2D eigenvalue weighted by molar-refractivity contribution is 5.92. The van der Waals surface area contributed by atoms with E-state index in [0.29, 0.717) is 18.1 Å². The lowest BCUT2D eigenvalue weighted by Gasteiger charge is -2.10. The number of halogens is 3. The molecule has 0 saturated heterocycles. The summed E-state index contributed by atoms with van der Waals surface area (Å²) in [4.78, 5) is 8.16. The quantitative estimate of drug-likeness (QED) is 0.646. The van der Waals surface area contributed by atoms with Crippen LogP contribution in [0.1, 0.15) is 5.56 Å². The van der Waals surface area contributed by atoms with E-state index in [2.05, 4.69) is 20.0 Å². The third-order valence-electron chi connectivity index (χ3n) is 2.80. The number of hydrogen-bond acceptors (Lipinski definition) is 4. The summed E-state index contributed by atoms with van der Waals surface area (Å²) in [5.41, 5.74) is 7.05. The van der Waals surface area contributed by atoms with Gasteiger partial charge >= 0.3 is 6.36 Å². The van der Waals surface area contributed by atoms with Gasteiger partial charge in [-0.3, -0.25) is 0 Å². The number of nitrogens with zero attached hydrogens (tertiary/aromatic N) is 2. The molecule has 0 spiro atoms. The first kappa shape index (κ1) is 17.4. The van der Waals surface area contributed by atoms with Crippen LogP contribution in [0.5, 0.6) is 11.6 Å². The van der Waals surface area contributed by atoms with Gasteiger partial charge in [0, 0.05) is 18.0 Å². The zero-order chi connectivity index (χ0) is 17.6. The summed E-state index contributed by atoms with van der Waals surface area (Å²) in [7, 11) is 1.52. The monoisotopic (exact) mass is 340 g/mol. The number of aliphatic imine (C=N–C) groups is 1. The van der Waals surface area contributed by atoms with Crippen LogP contribution in [0.15, 0.2) is 47.6 Å². The lowest BCUT2D eigenvalue weighted by atomic mass is 10.3. The number of methoxy groups -OCH3 is 1. The third kappa shape index (κ3) is 5.67. The number of rotatable bonds is 5. The Morgan fingerprint density at radius 1 is 1.21 bits per heavy atom. The Bertz CT molecular complexity index is 685. The van der Waals surface area contributed by atoms with Crippen molar-refractivity contribution in [1.82, 2.24) is 4.98 Å². The van der Waals surface area contributed by atoms with E-state index in [-0.39, 0.29) is 11.7 Å². The molecule has 6 nitrogen and oxygen atoms in total. The van der Waals surface area contributed by atoms with Crippen molar-refractivity contribution in [1.29, 1.82) is 0 Å². The van der Waals surface area contributed by atoms with E-state index in [0.717, 1.165) is 5.56 Å². The molecule has 128 valence electrons. The summed E-state index contributed by atoms with van der Waals surface area (Å²) in [5, 5.41) is 2.77. The Morgan fingerprint density at radius 2 is 1.92 bits per heavy atom. The van der Waals surface area contributed by atoms with Crippen molar-refractivity contribution in [2.75, 3.05) is 12.4 Å². The molecule has 0 amide bonds. The second kappa shape index (κ2) is 7.53. The van der Waals surface area contributed by atoms with Crippen LogP contribution in [-0.4, -0.2) is 24.4 Å². The molecule has 0 aliphatic heterocycles. The highest BCUT2D eigenvalue weighted by Gasteiger charge is 2.30. The number of nitrogens with one attached hydrogen (secondary N) is 1. The summed E-state index contributed by atoms with van der Waals surface area (Å²) >= 11 is 0. The number of nitrogens with two attached hydrogens (primary N) is 1. The average Bonchev–Trinajstić information content (AvgIpc) is 2.54. The number of guanidine groups is 1. The summed E-state index contributed by atoms with van der Waals surface area (Å²) in [6.45, 7) is 0.297. The van der Waals surface area contributed by atoms with E-state index < -0.39 is 6.36 Å². The van der Waals surface area contributed by atoms with Gasteiger partial charge in [0.25, 0.3) is 0 Å². The maximum Gasteiger partial charge on any atom is 0.573 e. The predicted octanol–water partition coefficient (Wildman–Crippen LogP) is 2.92. The van der Waals surface area contributed by atoms with Crippen molar-refractivity contribution in [2.45, 2.75) is 12.9 Å². The number of hydrogen-bond donors (Lipinski definition) is 2. The highest BCUT2D eigenvalue weighted by Crippen LogP contribution is 2.23. The number of anilines is 1. The fraction of sp³-hybridized carbons (Fsp3) is 0.200. The van der Waals surface area contributed by atoms with Gasteiger partial charge in [0.05, 0.1) is 13.7 Å². The molecule has 24 heavy (non-hydrogen) atoms. The molecule has 0 atom stereocenters. The maximum atomic E-state index is 12.1. The zero-order valence-electron chi connectivity index (χ0n) is 12.7. The van der Waals surface area contributed by atoms with Crippen LogP contribution >= 0.6 is 0 Å². The Hall–Kier alpha value is -2.97. The van der Waals surface area contributed by atoms with E-state index in [9.17, 15) is 13.2 Å². The molecule has 0 unspecified atom stereocenters. The average molecular weight is 340 g/mol. The van der Waals surface area contributed by atoms with Crippen molar-refractivity contribution in [3.8, 4) is 11.6 Å². The minimum Gasteiger partial charge on any atom is -0.481 e. The largest absolute Gasteiger partial charge is 0.573 e.